The summed E-state index contributed by atoms with van der Waals surface area (Å²) in [5.74, 6) is 1.13. The molecule has 1 aliphatic rings. The summed E-state index contributed by atoms with van der Waals surface area (Å²) < 4.78 is 10.6. The SMILES string of the molecule is O=C(Nc1cnc(-c2cc3c(cc2Cl)OCO3)cn1)c1ccccc1Cl. The number of fused-ring (bicyclic) bond motifs is 1. The Kier molecular flexibility index (Phi) is 4.36. The summed E-state index contributed by atoms with van der Waals surface area (Å²) in [5.41, 5.74) is 1.57. The van der Waals surface area contributed by atoms with Gasteiger partial charge < -0.3 is 14.8 Å². The topological polar surface area (TPSA) is 73.3 Å². The lowest BCUT2D eigenvalue weighted by atomic mass is 10.1. The normalized spacial score (nSPS) is 12.1. The van der Waals surface area contributed by atoms with Crippen LogP contribution in [-0.4, -0.2) is 22.7 Å². The Hall–Kier alpha value is -2.83. The van der Waals surface area contributed by atoms with E-state index in [2.05, 4.69) is 15.3 Å². The number of anilines is 1. The number of ether oxygens (including phenoxy) is 2. The largest absolute Gasteiger partial charge is 0.454 e. The highest BCUT2D eigenvalue weighted by Crippen LogP contribution is 2.40. The van der Waals surface area contributed by atoms with E-state index < -0.39 is 0 Å². The Labute approximate surface area is 158 Å². The minimum atomic E-state index is -0.362. The van der Waals surface area contributed by atoms with Crippen LogP contribution in [0.1, 0.15) is 10.4 Å². The fourth-order valence-corrected chi connectivity index (χ4v) is 2.95. The van der Waals surface area contributed by atoms with Crippen molar-refractivity contribution in [3.8, 4) is 22.8 Å². The van der Waals surface area contributed by atoms with Gasteiger partial charge in [0.2, 0.25) is 6.79 Å². The molecule has 130 valence electrons. The molecule has 2 aromatic carbocycles. The van der Waals surface area contributed by atoms with E-state index in [0.29, 0.717) is 44.2 Å². The molecule has 0 radical (unpaired) electrons. The first-order valence-electron chi connectivity index (χ1n) is 7.59. The van der Waals surface area contributed by atoms with E-state index in [1.165, 1.54) is 12.4 Å². The maximum absolute atomic E-state index is 12.3. The molecule has 0 fully saturated rings. The summed E-state index contributed by atoms with van der Waals surface area (Å²) in [5, 5.41) is 3.49. The number of nitrogens with one attached hydrogen (secondary N) is 1. The van der Waals surface area contributed by atoms with Crippen molar-refractivity contribution in [2.24, 2.45) is 0 Å². The second kappa shape index (κ2) is 6.82. The van der Waals surface area contributed by atoms with Crippen LogP contribution in [0.15, 0.2) is 48.8 Å². The van der Waals surface area contributed by atoms with Gasteiger partial charge in [0.1, 0.15) is 0 Å². The van der Waals surface area contributed by atoms with Crippen LogP contribution in [0.25, 0.3) is 11.3 Å². The summed E-state index contributed by atoms with van der Waals surface area (Å²) in [6.45, 7) is 0.161. The van der Waals surface area contributed by atoms with Gasteiger partial charge in [-0.2, -0.15) is 0 Å². The Morgan fingerprint density at radius 3 is 2.50 bits per heavy atom. The zero-order valence-electron chi connectivity index (χ0n) is 13.2. The molecule has 3 aromatic rings. The lowest BCUT2D eigenvalue weighted by Gasteiger charge is -2.08. The summed E-state index contributed by atoms with van der Waals surface area (Å²) in [6, 6.07) is 10.2. The standard InChI is InChI=1S/C18H11Cl2N3O3/c19-12-4-2-1-3-10(12)18(24)23-17-8-21-14(7-22-17)11-5-15-16(6-13(11)20)26-9-25-15/h1-8H,9H2,(H,22,23,24). The molecule has 1 N–H and O–H groups in total. The fourth-order valence-electron chi connectivity index (χ4n) is 2.47. The molecular weight excluding hydrogens is 377 g/mol. The third-order valence-corrected chi connectivity index (χ3v) is 4.39. The van der Waals surface area contributed by atoms with E-state index in [-0.39, 0.29) is 12.7 Å². The second-order valence-electron chi connectivity index (χ2n) is 5.41. The smallest absolute Gasteiger partial charge is 0.258 e. The van der Waals surface area contributed by atoms with Crippen molar-refractivity contribution in [3.05, 3.63) is 64.4 Å². The van der Waals surface area contributed by atoms with Crippen LogP contribution in [0.4, 0.5) is 5.82 Å². The molecule has 0 bridgehead atoms. The van der Waals surface area contributed by atoms with Crippen molar-refractivity contribution < 1.29 is 14.3 Å². The number of carbonyl (C=O) groups is 1. The molecule has 0 unspecified atom stereocenters. The summed E-state index contributed by atoms with van der Waals surface area (Å²) in [6.07, 6.45) is 2.97. The van der Waals surface area contributed by atoms with Crippen LogP contribution in [0.2, 0.25) is 10.0 Å². The van der Waals surface area contributed by atoms with Gasteiger partial charge in [-0.15, -0.1) is 0 Å². The van der Waals surface area contributed by atoms with Gasteiger partial charge in [-0.25, -0.2) is 4.98 Å². The Bertz CT molecular complexity index is 993. The molecule has 0 spiro atoms. The van der Waals surface area contributed by atoms with Gasteiger partial charge in [-0.1, -0.05) is 35.3 Å². The molecule has 8 heteroatoms. The Morgan fingerprint density at radius 1 is 1.00 bits per heavy atom. The van der Waals surface area contributed by atoms with Crippen LogP contribution in [0.5, 0.6) is 11.5 Å². The van der Waals surface area contributed by atoms with Crippen LogP contribution in [-0.2, 0) is 0 Å². The lowest BCUT2D eigenvalue weighted by Crippen LogP contribution is -2.13. The first-order valence-corrected chi connectivity index (χ1v) is 8.35. The molecule has 1 amide bonds. The summed E-state index contributed by atoms with van der Waals surface area (Å²) in [4.78, 5) is 20.8. The Balaban J connectivity index is 1.56. The van der Waals surface area contributed by atoms with Gasteiger partial charge in [0.15, 0.2) is 17.3 Å². The van der Waals surface area contributed by atoms with Gasteiger partial charge in [0.05, 0.1) is 33.7 Å². The number of benzene rings is 2. The molecule has 0 aliphatic carbocycles. The second-order valence-corrected chi connectivity index (χ2v) is 6.22. The number of amides is 1. The number of hydrogen-bond acceptors (Lipinski definition) is 5. The molecule has 1 aromatic heterocycles. The number of aromatic nitrogens is 2. The third kappa shape index (κ3) is 3.16. The summed E-state index contributed by atoms with van der Waals surface area (Å²) in [7, 11) is 0. The predicted molar refractivity (Wildman–Crippen MR) is 98.0 cm³/mol. The first kappa shape index (κ1) is 16.6. The minimum absolute atomic E-state index is 0.161. The van der Waals surface area contributed by atoms with Gasteiger partial charge in [-0.3, -0.25) is 9.78 Å². The highest BCUT2D eigenvalue weighted by Gasteiger charge is 2.18. The molecule has 6 nitrogen and oxygen atoms in total. The van der Waals surface area contributed by atoms with Crippen molar-refractivity contribution in [1.82, 2.24) is 9.97 Å². The van der Waals surface area contributed by atoms with E-state index in [1.54, 1.807) is 36.4 Å². The zero-order valence-corrected chi connectivity index (χ0v) is 14.7. The molecule has 2 heterocycles. The van der Waals surface area contributed by atoms with Crippen LogP contribution in [0, 0.1) is 0 Å². The number of hydrogen-bond donors (Lipinski definition) is 1. The quantitative estimate of drug-likeness (QED) is 0.719. The molecule has 4 rings (SSSR count). The van der Waals surface area contributed by atoms with Crippen molar-refractivity contribution in [3.63, 3.8) is 0 Å². The highest BCUT2D eigenvalue weighted by molar-refractivity contribution is 6.34. The van der Waals surface area contributed by atoms with Crippen molar-refractivity contribution in [2.45, 2.75) is 0 Å². The van der Waals surface area contributed by atoms with E-state index in [0.717, 1.165) is 0 Å². The lowest BCUT2D eigenvalue weighted by molar-refractivity contribution is 0.102. The third-order valence-electron chi connectivity index (χ3n) is 3.75. The Morgan fingerprint density at radius 2 is 1.77 bits per heavy atom. The predicted octanol–water partition coefficient (Wildman–Crippen LogP) is 4.43. The summed E-state index contributed by atoms with van der Waals surface area (Å²) >= 11 is 12.3. The van der Waals surface area contributed by atoms with E-state index >= 15 is 0 Å². The van der Waals surface area contributed by atoms with E-state index in [9.17, 15) is 4.79 Å². The van der Waals surface area contributed by atoms with Gasteiger partial charge >= 0.3 is 0 Å². The van der Waals surface area contributed by atoms with Crippen LogP contribution in [0.3, 0.4) is 0 Å². The minimum Gasteiger partial charge on any atom is -0.454 e. The van der Waals surface area contributed by atoms with E-state index in [4.69, 9.17) is 32.7 Å². The first-order chi connectivity index (χ1) is 12.6. The van der Waals surface area contributed by atoms with Gasteiger partial charge in [-0.05, 0) is 18.2 Å². The average molecular weight is 388 g/mol. The molecule has 0 saturated carbocycles. The number of rotatable bonds is 3. The fraction of sp³-hybridized carbons (Fsp3) is 0.0556. The monoisotopic (exact) mass is 387 g/mol. The van der Waals surface area contributed by atoms with Crippen LogP contribution >= 0.6 is 23.2 Å². The number of carbonyl (C=O) groups excluding carboxylic acids is 1. The number of nitrogens with zero attached hydrogens (tertiary/aromatic N) is 2. The van der Waals surface area contributed by atoms with Crippen molar-refractivity contribution >= 4 is 34.9 Å². The van der Waals surface area contributed by atoms with Crippen LogP contribution < -0.4 is 14.8 Å². The van der Waals surface area contributed by atoms with Gasteiger partial charge in [0, 0.05) is 11.6 Å². The van der Waals surface area contributed by atoms with Gasteiger partial charge in [0.25, 0.3) is 5.91 Å². The van der Waals surface area contributed by atoms with E-state index in [1.807, 2.05) is 0 Å². The molecule has 0 atom stereocenters. The average Bonchev–Trinajstić information content (AvgIpc) is 3.09. The number of halogens is 2. The molecule has 1 aliphatic heterocycles. The van der Waals surface area contributed by atoms with Crippen molar-refractivity contribution in [2.75, 3.05) is 12.1 Å². The zero-order chi connectivity index (χ0) is 18.1. The maximum atomic E-state index is 12.3. The maximum Gasteiger partial charge on any atom is 0.258 e. The molecular formula is C18H11Cl2N3O3. The molecule has 0 saturated heterocycles. The molecule has 26 heavy (non-hydrogen) atoms. The highest BCUT2D eigenvalue weighted by atomic mass is 35.5. The van der Waals surface area contributed by atoms with Crippen molar-refractivity contribution in [1.29, 1.82) is 0 Å².